The van der Waals surface area contributed by atoms with E-state index in [1.807, 2.05) is 11.9 Å². The van der Waals surface area contributed by atoms with E-state index in [-0.39, 0.29) is 5.41 Å². The Labute approximate surface area is 110 Å². The van der Waals surface area contributed by atoms with Crippen LogP contribution in [0.4, 0.5) is 0 Å². The van der Waals surface area contributed by atoms with Gasteiger partial charge in [-0.2, -0.15) is 0 Å². The largest absolute Gasteiger partial charge is 0.341 e. The topological polar surface area (TPSA) is 49.6 Å². The van der Waals surface area contributed by atoms with Gasteiger partial charge in [-0.1, -0.05) is 6.42 Å². The standard InChI is InChI=1S/C14H27N3O/c1-16-8-3-5-12(10-16)17(2)13(18)9-14(11-15)6-4-7-14/h12H,3-11,15H2,1-2H3. The fraction of sp³-hybridized carbons (Fsp3) is 0.929. The first kappa shape index (κ1) is 13.8. The Bertz CT molecular complexity index is 296. The Morgan fingerprint density at radius 3 is 2.67 bits per heavy atom. The van der Waals surface area contributed by atoms with Crippen molar-refractivity contribution in [1.29, 1.82) is 0 Å². The van der Waals surface area contributed by atoms with Gasteiger partial charge >= 0.3 is 0 Å². The third-order valence-electron chi connectivity index (χ3n) is 4.91. The monoisotopic (exact) mass is 253 g/mol. The molecule has 0 bridgehead atoms. The van der Waals surface area contributed by atoms with E-state index in [1.165, 1.54) is 12.8 Å². The van der Waals surface area contributed by atoms with Gasteiger partial charge in [-0.25, -0.2) is 0 Å². The van der Waals surface area contributed by atoms with Crippen molar-refractivity contribution in [3.05, 3.63) is 0 Å². The molecule has 1 atom stereocenters. The molecule has 4 heteroatoms. The fourth-order valence-electron chi connectivity index (χ4n) is 3.23. The number of rotatable bonds is 4. The Kier molecular flexibility index (Phi) is 4.28. The van der Waals surface area contributed by atoms with Crippen molar-refractivity contribution in [1.82, 2.24) is 9.80 Å². The molecule has 0 radical (unpaired) electrons. The van der Waals surface area contributed by atoms with Crippen LogP contribution in [0.15, 0.2) is 0 Å². The number of carbonyl (C=O) groups is 1. The summed E-state index contributed by atoms with van der Waals surface area (Å²) in [5.41, 5.74) is 5.97. The fourth-order valence-corrected chi connectivity index (χ4v) is 3.23. The summed E-state index contributed by atoms with van der Waals surface area (Å²) < 4.78 is 0. The quantitative estimate of drug-likeness (QED) is 0.815. The van der Waals surface area contributed by atoms with Gasteiger partial charge in [0.1, 0.15) is 0 Å². The van der Waals surface area contributed by atoms with Crippen molar-refractivity contribution < 1.29 is 4.79 Å². The van der Waals surface area contributed by atoms with Crippen LogP contribution in [0.25, 0.3) is 0 Å². The molecule has 104 valence electrons. The summed E-state index contributed by atoms with van der Waals surface area (Å²) in [5, 5.41) is 0. The molecular weight excluding hydrogens is 226 g/mol. The van der Waals surface area contributed by atoms with Crippen LogP contribution in [-0.2, 0) is 4.79 Å². The second-order valence-electron chi connectivity index (χ2n) is 6.30. The maximum Gasteiger partial charge on any atom is 0.223 e. The number of hydrogen-bond acceptors (Lipinski definition) is 3. The van der Waals surface area contributed by atoms with Crippen LogP contribution in [0.5, 0.6) is 0 Å². The minimum absolute atomic E-state index is 0.131. The highest BCUT2D eigenvalue weighted by molar-refractivity contribution is 5.77. The maximum absolute atomic E-state index is 12.4. The van der Waals surface area contributed by atoms with E-state index in [4.69, 9.17) is 5.73 Å². The van der Waals surface area contributed by atoms with Crippen LogP contribution in [0.1, 0.15) is 38.5 Å². The molecular formula is C14H27N3O. The van der Waals surface area contributed by atoms with Crippen LogP contribution in [0.2, 0.25) is 0 Å². The number of hydrogen-bond donors (Lipinski definition) is 1. The smallest absolute Gasteiger partial charge is 0.223 e. The minimum Gasteiger partial charge on any atom is -0.341 e. The molecule has 2 N–H and O–H groups in total. The van der Waals surface area contributed by atoms with Gasteiger partial charge in [0.05, 0.1) is 0 Å². The lowest BCUT2D eigenvalue weighted by atomic mass is 9.66. The minimum atomic E-state index is 0.131. The van der Waals surface area contributed by atoms with E-state index in [2.05, 4.69) is 11.9 Å². The van der Waals surface area contributed by atoms with Crippen molar-refractivity contribution >= 4 is 5.91 Å². The molecule has 1 heterocycles. The molecule has 1 saturated heterocycles. The third kappa shape index (κ3) is 2.86. The van der Waals surface area contributed by atoms with E-state index in [0.29, 0.717) is 24.9 Å². The summed E-state index contributed by atoms with van der Waals surface area (Å²) in [6.45, 7) is 2.83. The first-order valence-electron chi connectivity index (χ1n) is 7.21. The summed E-state index contributed by atoms with van der Waals surface area (Å²) >= 11 is 0. The number of carbonyl (C=O) groups excluding carboxylic acids is 1. The summed E-state index contributed by atoms with van der Waals surface area (Å²) in [6, 6.07) is 0.395. The highest BCUT2D eigenvalue weighted by Crippen LogP contribution is 2.43. The number of likely N-dealkylation sites (N-methyl/N-ethyl adjacent to an activating group) is 2. The lowest BCUT2D eigenvalue weighted by molar-refractivity contribution is -0.136. The van der Waals surface area contributed by atoms with Crippen LogP contribution < -0.4 is 5.73 Å². The molecule has 0 aromatic carbocycles. The first-order valence-corrected chi connectivity index (χ1v) is 7.21. The van der Waals surface area contributed by atoms with E-state index < -0.39 is 0 Å². The zero-order chi connectivity index (χ0) is 13.2. The van der Waals surface area contributed by atoms with E-state index in [9.17, 15) is 4.79 Å². The zero-order valence-corrected chi connectivity index (χ0v) is 11.8. The molecule has 0 aromatic rings. The second kappa shape index (κ2) is 5.57. The highest BCUT2D eigenvalue weighted by atomic mass is 16.2. The lowest BCUT2D eigenvalue weighted by Gasteiger charge is -2.43. The van der Waals surface area contributed by atoms with Gasteiger partial charge in [0.2, 0.25) is 5.91 Å². The maximum atomic E-state index is 12.4. The predicted molar refractivity (Wildman–Crippen MR) is 73.2 cm³/mol. The number of nitrogens with two attached hydrogens (primary N) is 1. The van der Waals surface area contributed by atoms with Crippen LogP contribution in [0.3, 0.4) is 0 Å². The summed E-state index contributed by atoms with van der Waals surface area (Å²) in [7, 11) is 4.10. The molecule has 18 heavy (non-hydrogen) atoms. The van der Waals surface area contributed by atoms with Crippen LogP contribution in [0, 0.1) is 5.41 Å². The molecule has 0 spiro atoms. The second-order valence-corrected chi connectivity index (χ2v) is 6.30. The highest BCUT2D eigenvalue weighted by Gasteiger charge is 2.39. The molecule has 2 fully saturated rings. The molecule has 1 saturated carbocycles. The predicted octanol–water partition coefficient (Wildman–Crippen LogP) is 1.06. The van der Waals surface area contributed by atoms with Crippen molar-refractivity contribution in [2.75, 3.05) is 33.7 Å². The summed E-state index contributed by atoms with van der Waals surface area (Å²) in [4.78, 5) is 16.7. The average molecular weight is 253 g/mol. The molecule has 1 aliphatic carbocycles. The third-order valence-corrected chi connectivity index (χ3v) is 4.91. The average Bonchev–Trinajstić information content (AvgIpc) is 2.32. The molecule has 2 aliphatic rings. The number of piperidine rings is 1. The molecule has 4 nitrogen and oxygen atoms in total. The van der Waals surface area contributed by atoms with Crippen molar-refractivity contribution in [2.24, 2.45) is 11.1 Å². The summed E-state index contributed by atoms with van der Waals surface area (Å²) in [6.07, 6.45) is 6.49. The van der Waals surface area contributed by atoms with E-state index in [0.717, 1.165) is 32.4 Å². The SMILES string of the molecule is CN1CCCC(N(C)C(=O)CC2(CN)CCC2)C1. The Hall–Kier alpha value is -0.610. The molecule has 2 rings (SSSR count). The van der Waals surface area contributed by atoms with Gasteiger partial charge in [0.25, 0.3) is 0 Å². The van der Waals surface area contributed by atoms with Crippen molar-refractivity contribution in [3.8, 4) is 0 Å². The zero-order valence-electron chi connectivity index (χ0n) is 11.8. The van der Waals surface area contributed by atoms with Gasteiger partial charge in [-0.15, -0.1) is 0 Å². The molecule has 1 unspecified atom stereocenters. The molecule has 1 amide bonds. The normalized spacial score (nSPS) is 27.6. The van der Waals surface area contributed by atoms with E-state index >= 15 is 0 Å². The van der Waals surface area contributed by atoms with Gasteiger partial charge in [-0.05, 0) is 51.2 Å². The number of amides is 1. The van der Waals surface area contributed by atoms with Gasteiger partial charge < -0.3 is 15.5 Å². The van der Waals surface area contributed by atoms with Crippen LogP contribution >= 0.6 is 0 Å². The van der Waals surface area contributed by atoms with Gasteiger partial charge in [-0.3, -0.25) is 4.79 Å². The Morgan fingerprint density at radius 1 is 1.44 bits per heavy atom. The van der Waals surface area contributed by atoms with E-state index in [1.54, 1.807) is 0 Å². The van der Waals surface area contributed by atoms with Gasteiger partial charge in [0, 0.05) is 26.1 Å². The van der Waals surface area contributed by atoms with Crippen LogP contribution in [-0.4, -0.2) is 55.5 Å². The Balaban J connectivity index is 1.87. The molecule has 0 aromatic heterocycles. The lowest BCUT2D eigenvalue weighted by Crippen LogP contribution is -2.49. The number of nitrogens with zero attached hydrogens (tertiary/aromatic N) is 2. The van der Waals surface area contributed by atoms with Crippen molar-refractivity contribution in [2.45, 2.75) is 44.6 Å². The van der Waals surface area contributed by atoms with Crippen molar-refractivity contribution in [3.63, 3.8) is 0 Å². The number of likely N-dealkylation sites (tertiary alicyclic amines) is 1. The van der Waals surface area contributed by atoms with Gasteiger partial charge in [0.15, 0.2) is 0 Å². The summed E-state index contributed by atoms with van der Waals surface area (Å²) in [5.74, 6) is 0.292. The first-order chi connectivity index (χ1) is 8.56. The molecule has 1 aliphatic heterocycles. The Morgan fingerprint density at radius 2 is 2.17 bits per heavy atom.